The first-order valence-corrected chi connectivity index (χ1v) is 8.19. The molecule has 0 saturated carbocycles. The zero-order chi connectivity index (χ0) is 17.7. The van der Waals surface area contributed by atoms with Gasteiger partial charge in [-0.3, -0.25) is 9.97 Å². The topological polar surface area (TPSA) is 70.3 Å². The van der Waals surface area contributed by atoms with Gasteiger partial charge in [-0.2, -0.15) is 0 Å². The van der Waals surface area contributed by atoms with Gasteiger partial charge in [0.2, 0.25) is 0 Å². The highest BCUT2D eigenvalue weighted by Gasteiger charge is 2.23. The molecule has 130 valence electrons. The van der Waals surface area contributed by atoms with Gasteiger partial charge in [-0.15, -0.1) is 0 Å². The summed E-state index contributed by atoms with van der Waals surface area (Å²) in [7, 11) is 1.64. The monoisotopic (exact) mass is 329 g/mol. The second-order valence-electron chi connectivity index (χ2n) is 6.91. The van der Waals surface area contributed by atoms with Gasteiger partial charge >= 0.3 is 0 Å². The third-order valence-corrected chi connectivity index (χ3v) is 3.82. The lowest BCUT2D eigenvalue weighted by atomic mass is 9.93. The van der Waals surface area contributed by atoms with Crippen LogP contribution in [0.25, 0.3) is 11.3 Å². The predicted molar refractivity (Wildman–Crippen MR) is 96.3 cm³/mol. The van der Waals surface area contributed by atoms with E-state index in [1.165, 1.54) is 0 Å². The van der Waals surface area contributed by atoms with Gasteiger partial charge in [0.05, 0.1) is 19.0 Å². The molecule has 5 heteroatoms. The lowest BCUT2D eigenvalue weighted by Gasteiger charge is -2.27. The van der Waals surface area contributed by atoms with Crippen molar-refractivity contribution in [1.82, 2.24) is 9.97 Å². The zero-order valence-electron chi connectivity index (χ0n) is 15.2. The molecule has 0 aliphatic carbocycles. The normalized spacial score (nSPS) is 13.6. The van der Waals surface area contributed by atoms with Gasteiger partial charge in [0, 0.05) is 29.1 Å². The van der Waals surface area contributed by atoms with Crippen LogP contribution in [0.5, 0.6) is 11.5 Å². The van der Waals surface area contributed by atoms with E-state index in [4.69, 9.17) is 15.2 Å². The summed E-state index contributed by atoms with van der Waals surface area (Å²) in [5.74, 6) is 1.82. The third kappa shape index (κ3) is 4.45. The molecule has 2 aromatic rings. The number of aromatic nitrogens is 2. The molecule has 0 bridgehead atoms. The van der Waals surface area contributed by atoms with E-state index in [0.29, 0.717) is 24.0 Å². The van der Waals surface area contributed by atoms with E-state index in [2.05, 4.69) is 23.8 Å². The Balaban J connectivity index is 2.25. The maximum Gasteiger partial charge on any atom is 0.179 e. The van der Waals surface area contributed by atoms with Crippen LogP contribution in [0.1, 0.15) is 32.8 Å². The van der Waals surface area contributed by atoms with Gasteiger partial charge in [-0.1, -0.05) is 13.8 Å². The van der Waals surface area contributed by atoms with Gasteiger partial charge < -0.3 is 15.2 Å². The van der Waals surface area contributed by atoms with Crippen molar-refractivity contribution in [3.05, 3.63) is 36.3 Å². The number of pyridine rings is 2. The number of nitrogens with two attached hydrogens (primary N) is 1. The van der Waals surface area contributed by atoms with Crippen molar-refractivity contribution in [3.63, 3.8) is 0 Å². The SMILES string of the molecule is COc1c(OC[C@@](C)(N)CC(C)C)cnc(-c2ccncc2)c1C. The first-order chi connectivity index (χ1) is 11.3. The number of hydrogen-bond donors (Lipinski definition) is 1. The summed E-state index contributed by atoms with van der Waals surface area (Å²) in [6, 6.07) is 3.85. The quantitative estimate of drug-likeness (QED) is 0.840. The van der Waals surface area contributed by atoms with Gasteiger partial charge in [-0.05, 0) is 38.3 Å². The summed E-state index contributed by atoms with van der Waals surface area (Å²) in [6.07, 6.45) is 6.09. The molecule has 24 heavy (non-hydrogen) atoms. The molecular formula is C19H27N3O2. The Morgan fingerprint density at radius 2 is 1.92 bits per heavy atom. The van der Waals surface area contributed by atoms with E-state index in [1.807, 2.05) is 26.0 Å². The minimum atomic E-state index is -0.392. The van der Waals surface area contributed by atoms with Crippen LogP contribution in [0.3, 0.4) is 0 Å². The van der Waals surface area contributed by atoms with Crippen molar-refractivity contribution in [2.45, 2.75) is 39.7 Å². The molecule has 2 heterocycles. The predicted octanol–water partition coefficient (Wildman–Crippen LogP) is 3.60. The number of nitrogens with zero attached hydrogens (tertiary/aromatic N) is 2. The van der Waals surface area contributed by atoms with Crippen LogP contribution in [0.4, 0.5) is 0 Å². The number of hydrogen-bond acceptors (Lipinski definition) is 5. The molecule has 0 unspecified atom stereocenters. The molecule has 0 fully saturated rings. The minimum Gasteiger partial charge on any atom is -0.492 e. The van der Waals surface area contributed by atoms with E-state index < -0.39 is 5.54 Å². The maximum atomic E-state index is 6.32. The third-order valence-electron chi connectivity index (χ3n) is 3.82. The molecule has 2 rings (SSSR count). The molecule has 0 aromatic carbocycles. The lowest BCUT2D eigenvalue weighted by Crippen LogP contribution is -2.43. The molecule has 2 aromatic heterocycles. The van der Waals surface area contributed by atoms with Crippen LogP contribution in [-0.2, 0) is 0 Å². The molecule has 0 aliphatic heterocycles. The molecular weight excluding hydrogens is 302 g/mol. The number of rotatable bonds is 7. The molecule has 0 radical (unpaired) electrons. The van der Waals surface area contributed by atoms with Crippen LogP contribution in [0.15, 0.2) is 30.7 Å². The number of methoxy groups -OCH3 is 1. The molecule has 0 saturated heterocycles. The Morgan fingerprint density at radius 1 is 1.25 bits per heavy atom. The average molecular weight is 329 g/mol. The van der Waals surface area contributed by atoms with E-state index in [0.717, 1.165) is 23.2 Å². The van der Waals surface area contributed by atoms with Gasteiger partial charge in [0.1, 0.15) is 6.61 Å². The molecule has 5 nitrogen and oxygen atoms in total. The Morgan fingerprint density at radius 3 is 2.50 bits per heavy atom. The standard InChI is InChI=1S/C19H27N3O2/c1-13(2)10-19(4,20)12-24-16-11-22-17(14(3)18(16)23-5)15-6-8-21-9-7-15/h6-9,11,13H,10,12,20H2,1-5H3/t19-/m0/s1. The summed E-state index contributed by atoms with van der Waals surface area (Å²) in [6.45, 7) is 8.70. The largest absolute Gasteiger partial charge is 0.492 e. The smallest absolute Gasteiger partial charge is 0.179 e. The molecule has 1 atom stereocenters. The molecule has 0 aliphatic rings. The fourth-order valence-corrected chi connectivity index (χ4v) is 2.96. The van der Waals surface area contributed by atoms with Crippen LogP contribution < -0.4 is 15.2 Å². The van der Waals surface area contributed by atoms with Crippen molar-refractivity contribution >= 4 is 0 Å². The lowest BCUT2D eigenvalue weighted by molar-refractivity contribution is 0.199. The van der Waals surface area contributed by atoms with Gasteiger partial charge in [0.25, 0.3) is 0 Å². The second-order valence-corrected chi connectivity index (χ2v) is 6.91. The van der Waals surface area contributed by atoms with E-state index in [1.54, 1.807) is 25.7 Å². The van der Waals surface area contributed by atoms with Crippen LogP contribution in [0.2, 0.25) is 0 Å². The van der Waals surface area contributed by atoms with Crippen LogP contribution in [0, 0.1) is 12.8 Å². The van der Waals surface area contributed by atoms with Crippen molar-refractivity contribution in [1.29, 1.82) is 0 Å². The van der Waals surface area contributed by atoms with Crippen molar-refractivity contribution < 1.29 is 9.47 Å². The summed E-state index contributed by atoms with van der Waals surface area (Å²) in [4.78, 5) is 8.59. The van der Waals surface area contributed by atoms with Gasteiger partial charge in [0.15, 0.2) is 11.5 Å². The highest BCUT2D eigenvalue weighted by Crippen LogP contribution is 2.36. The van der Waals surface area contributed by atoms with Crippen molar-refractivity contribution in [2.75, 3.05) is 13.7 Å². The molecule has 0 spiro atoms. The van der Waals surface area contributed by atoms with Gasteiger partial charge in [-0.25, -0.2) is 0 Å². The van der Waals surface area contributed by atoms with Crippen LogP contribution >= 0.6 is 0 Å². The van der Waals surface area contributed by atoms with Crippen molar-refractivity contribution in [3.8, 4) is 22.8 Å². The van der Waals surface area contributed by atoms with Crippen molar-refractivity contribution in [2.24, 2.45) is 11.7 Å². The summed E-state index contributed by atoms with van der Waals surface area (Å²) >= 11 is 0. The maximum absolute atomic E-state index is 6.32. The van der Waals surface area contributed by atoms with Crippen LogP contribution in [-0.4, -0.2) is 29.2 Å². The average Bonchev–Trinajstić information content (AvgIpc) is 2.52. The van der Waals surface area contributed by atoms with E-state index in [-0.39, 0.29) is 0 Å². The minimum absolute atomic E-state index is 0.392. The highest BCUT2D eigenvalue weighted by atomic mass is 16.5. The molecule has 2 N–H and O–H groups in total. The summed E-state index contributed by atoms with van der Waals surface area (Å²) in [5.41, 5.74) is 8.72. The fraction of sp³-hybridized carbons (Fsp3) is 0.474. The first-order valence-electron chi connectivity index (χ1n) is 8.19. The number of ether oxygens (including phenoxy) is 2. The van der Waals surface area contributed by atoms with E-state index >= 15 is 0 Å². The molecule has 0 amide bonds. The Bertz CT molecular complexity index is 670. The Kier molecular flexibility index (Phi) is 5.78. The zero-order valence-corrected chi connectivity index (χ0v) is 15.2. The van der Waals surface area contributed by atoms with E-state index in [9.17, 15) is 0 Å². The summed E-state index contributed by atoms with van der Waals surface area (Å²) in [5, 5.41) is 0. The fourth-order valence-electron chi connectivity index (χ4n) is 2.96. The Labute approximate surface area is 144 Å². The Hall–Kier alpha value is -2.14. The summed E-state index contributed by atoms with van der Waals surface area (Å²) < 4.78 is 11.5. The second kappa shape index (κ2) is 7.62. The first kappa shape index (κ1) is 18.2. The highest BCUT2D eigenvalue weighted by molar-refractivity contribution is 5.67.